The van der Waals surface area contributed by atoms with E-state index in [9.17, 15) is 13.2 Å². The van der Waals surface area contributed by atoms with Crippen molar-refractivity contribution >= 4 is 15.9 Å². The number of aryl methyl sites for hydroxylation is 1. The Kier molecular flexibility index (Phi) is 9.31. The Morgan fingerprint density at radius 1 is 1.13 bits per heavy atom. The topological polar surface area (TPSA) is 69.7 Å². The van der Waals surface area contributed by atoms with Gasteiger partial charge in [-0.3, -0.25) is 4.79 Å². The quantitative estimate of drug-likeness (QED) is 0.611. The second-order valence-corrected chi connectivity index (χ2v) is 10.8. The second kappa shape index (κ2) is 11.3. The minimum Gasteiger partial charge on any atom is -0.352 e. The summed E-state index contributed by atoms with van der Waals surface area (Å²) in [7, 11) is -3.44. The van der Waals surface area contributed by atoms with Crippen molar-refractivity contribution in [2.75, 3.05) is 32.7 Å². The maximum absolute atomic E-state index is 12.6. The molecule has 3 atom stereocenters. The molecule has 0 aliphatic carbocycles. The molecule has 0 radical (unpaired) electrons. The fourth-order valence-electron chi connectivity index (χ4n) is 4.52. The van der Waals surface area contributed by atoms with Crippen LogP contribution in [0.1, 0.15) is 53.0 Å². The van der Waals surface area contributed by atoms with Gasteiger partial charge in [0.2, 0.25) is 15.9 Å². The van der Waals surface area contributed by atoms with Gasteiger partial charge < -0.3 is 10.2 Å². The smallest absolute Gasteiger partial charge is 0.243 e. The Morgan fingerprint density at radius 3 is 2.23 bits per heavy atom. The lowest BCUT2D eigenvalue weighted by Crippen LogP contribution is -2.47. The van der Waals surface area contributed by atoms with Gasteiger partial charge in [-0.1, -0.05) is 39.8 Å². The lowest BCUT2D eigenvalue weighted by atomic mass is 9.92. The van der Waals surface area contributed by atoms with E-state index in [2.05, 4.69) is 31.0 Å². The summed E-state index contributed by atoms with van der Waals surface area (Å²) < 4.78 is 26.6. The molecule has 1 amide bonds. The molecule has 1 aliphatic heterocycles. The van der Waals surface area contributed by atoms with Gasteiger partial charge in [-0.15, -0.1) is 0 Å². The van der Waals surface area contributed by atoms with Crippen LogP contribution in [0.5, 0.6) is 0 Å². The summed E-state index contributed by atoms with van der Waals surface area (Å²) in [5, 5.41) is 3.11. The maximum Gasteiger partial charge on any atom is 0.243 e. The highest BCUT2D eigenvalue weighted by molar-refractivity contribution is 7.89. The first kappa shape index (κ1) is 24.8. The molecule has 170 valence electrons. The lowest BCUT2D eigenvalue weighted by Gasteiger charge is -2.36. The van der Waals surface area contributed by atoms with Gasteiger partial charge in [0.15, 0.2) is 0 Å². The monoisotopic (exact) mass is 437 g/mol. The van der Waals surface area contributed by atoms with Gasteiger partial charge in [0.1, 0.15) is 0 Å². The SMILES string of the molecule is CCN(CC)S(=O)(=O)c1ccc(CCC(=O)NC(C)CN2CC(C)CC(C)C2)cc1. The highest BCUT2D eigenvalue weighted by atomic mass is 32.2. The van der Waals surface area contributed by atoms with Crippen molar-refractivity contribution in [2.24, 2.45) is 11.8 Å². The third-order valence-corrected chi connectivity index (χ3v) is 7.86. The molecule has 1 aromatic rings. The van der Waals surface area contributed by atoms with Crippen molar-refractivity contribution in [1.29, 1.82) is 0 Å². The first-order chi connectivity index (χ1) is 14.1. The summed E-state index contributed by atoms with van der Waals surface area (Å²) in [6, 6.07) is 7.02. The van der Waals surface area contributed by atoms with Crippen LogP contribution < -0.4 is 5.32 Å². The Morgan fingerprint density at radius 2 is 1.70 bits per heavy atom. The van der Waals surface area contributed by atoms with Gasteiger partial charge in [-0.25, -0.2) is 8.42 Å². The molecule has 3 unspecified atom stereocenters. The predicted molar refractivity (Wildman–Crippen MR) is 122 cm³/mol. The van der Waals surface area contributed by atoms with E-state index in [1.165, 1.54) is 10.7 Å². The maximum atomic E-state index is 12.6. The number of benzene rings is 1. The van der Waals surface area contributed by atoms with Crippen LogP contribution in [0.15, 0.2) is 29.2 Å². The van der Waals surface area contributed by atoms with E-state index in [0.717, 1.165) is 25.2 Å². The first-order valence-corrected chi connectivity index (χ1v) is 12.7. The summed E-state index contributed by atoms with van der Waals surface area (Å²) in [6.07, 6.45) is 2.29. The number of rotatable bonds is 10. The molecule has 7 heteroatoms. The van der Waals surface area contributed by atoms with Gasteiger partial charge in [0.25, 0.3) is 0 Å². The Balaban J connectivity index is 1.82. The fraction of sp³-hybridized carbons (Fsp3) is 0.696. The summed E-state index contributed by atoms with van der Waals surface area (Å²) in [5.74, 6) is 1.47. The second-order valence-electron chi connectivity index (χ2n) is 8.87. The molecule has 0 bridgehead atoms. The minimum atomic E-state index is -3.44. The number of nitrogens with one attached hydrogen (secondary N) is 1. The third kappa shape index (κ3) is 7.06. The van der Waals surface area contributed by atoms with Gasteiger partial charge in [-0.05, 0) is 49.3 Å². The molecule has 0 aromatic heterocycles. The first-order valence-electron chi connectivity index (χ1n) is 11.3. The molecular weight excluding hydrogens is 398 g/mol. The fourth-order valence-corrected chi connectivity index (χ4v) is 5.98. The molecule has 0 spiro atoms. The van der Waals surface area contributed by atoms with Gasteiger partial charge in [-0.2, -0.15) is 4.31 Å². The van der Waals surface area contributed by atoms with Crippen LogP contribution in [0.4, 0.5) is 0 Å². The summed E-state index contributed by atoms with van der Waals surface area (Å²) in [4.78, 5) is 15.1. The van der Waals surface area contributed by atoms with E-state index >= 15 is 0 Å². The van der Waals surface area contributed by atoms with Crippen molar-refractivity contribution < 1.29 is 13.2 Å². The lowest BCUT2D eigenvalue weighted by molar-refractivity contribution is -0.121. The number of carbonyl (C=O) groups excluding carboxylic acids is 1. The zero-order valence-electron chi connectivity index (χ0n) is 19.2. The van der Waals surface area contributed by atoms with Gasteiger partial charge in [0, 0.05) is 45.2 Å². The molecule has 1 aromatic carbocycles. The Bertz CT molecular complexity index is 765. The molecule has 1 aliphatic rings. The molecule has 6 nitrogen and oxygen atoms in total. The van der Waals surface area contributed by atoms with E-state index in [1.807, 2.05) is 26.0 Å². The molecule has 2 rings (SSSR count). The predicted octanol–water partition coefficient (Wildman–Crippen LogP) is 3.13. The van der Waals surface area contributed by atoms with Gasteiger partial charge in [0.05, 0.1) is 4.90 Å². The van der Waals surface area contributed by atoms with Crippen LogP contribution in [-0.2, 0) is 21.2 Å². The van der Waals surface area contributed by atoms with Crippen LogP contribution >= 0.6 is 0 Å². The van der Waals surface area contributed by atoms with Crippen LogP contribution in [0.25, 0.3) is 0 Å². The third-order valence-electron chi connectivity index (χ3n) is 5.79. The highest BCUT2D eigenvalue weighted by Gasteiger charge is 2.23. The van der Waals surface area contributed by atoms with Crippen molar-refractivity contribution in [2.45, 2.75) is 64.8 Å². The number of nitrogens with zero attached hydrogens (tertiary/aromatic N) is 2. The number of piperidine rings is 1. The summed E-state index contributed by atoms with van der Waals surface area (Å²) in [6.45, 7) is 14.3. The van der Waals surface area contributed by atoms with Crippen molar-refractivity contribution in [3.05, 3.63) is 29.8 Å². The number of sulfonamides is 1. The summed E-state index contributed by atoms with van der Waals surface area (Å²) in [5.41, 5.74) is 0.968. The van der Waals surface area contributed by atoms with E-state index in [0.29, 0.717) is 42.7 Å². The number of likely N-dealkylation sites (tertiary alicyclic amines) is 1. The largest absolute Gasteiger partial charge is 0.352 e. The average molecular weight is 438 g/mol. The zero-order chi connectivity index (χ0) is 22.3. The van der Waals surface area contributed by atoms with E-state index in [4.69, 9.17) is 0 Å². The standard InChI is InChI=1S/C23H39N3O3S/c1-6-26(7-2)30(28,29)22-11-8-21(9-12-22)10-13-23(27)24-20(5)17-25-15-18(3)14-19(4)16-25/h8-9,11-12,18-20H,6-7,10,13-17H2,1-5H3,(H,24,27). The van der Waals surface area contributed by atoms with Gasteiger partial charge >= 0.3 is 0 Å². The Labute approximate surface area is 183 Å². The number of carbonyl (C=O) groups is 1. The molecule has 1 N–H and O–H groups in total. The minimum absolute atomic E-state index is 0.0421. The summed E-state index contributed by atoms with van der Waals surface area (Å²) >= 11 is 0. The molecule has 1 saturated heterocycles. The number of amides is 1. The van der Waals surface area contributed by atoms with Crippen molar-refractivity contribution in [1.82, 2.24) is 14.5 Å². The van der Waals surface area contributed by atoms with Crippen LogP contribution in [0, 0.1) is 11.8 Å². The molecular formula is C23H39N3O3S. The molecule has 0 saturated carbocycles. The van der Waals surface area contributed by atoms with E-state index < -0.39 is 10.0 Å². The van der Waals surface area contributed by atoms with Crippen molar-refractivity contribution in [3.8, 4) is 0 Å². The molecule has 1 heterocycles. The van der Waals surface area contributed by atoms with Crippen LogP contribution in [0.2, 0.25) is 0 Å². The zero-order valence-corrected chi connectivity index (χ0v) is 20.0. The number of hydrogen-bond acceptors (Lipinski definition) is 4. The number of hydrogen-bond donors (Lipinski definition) is 1. The Hall–Kier alpha value is -1.44. The van der Waals surface area contributed by atoms with Crippen LogP contribution in [-0.4, -0.2) is 62.3 Å². The van der Waals surface area contributed by atoms with E-state index in [1.54, 1.807) is 12.1 Å². The highest BCUT2D eigenvalue weighted by Crippen LogP contribution is 2.21. The molecule has 1 fully saturated rings. The average Bonchev–Trinajstić information content (AvgIpc) is 2.66. The molecule has 30 heavy (non-hydrogen) atoms. The normalized spacial score (nSPS) is 21.5. The van der Waals surface area contributed by atoms with E-state index in [-0.39, 0.29) is 11.9 Å². The van der Waals surface area contributed by atoms with Crippen LogP contribution in [0.3, 0.4) is 0 Å². The van der Waals surface area contributed by atoms with Crippen molar-refractivity contribution in [3.63, 3.8) is 0 Å².